The number of rotatable bonds is 1. The molecule has 1 aromatic heterocycles. The topological polar surface area (TPSA) is 36.2 Å². The van der Waals surface area contributed by atoms with Crippen molar-refractivity contribution in [1.29, 1.82) is 0 Å². The van der Waals surface area contributed by atoms with Gasteiger partial charge >= 0.3 is 5.69 Å². The molecule has 0 amide bonds. The first-order valence-corrected chi connectivity index (χ1v) is 6.29. The largest absolute Gasteiger partial charge is 0.489 e. The summed E-state index contributed by atoms with van der Waals surface area (Å²) < 4.78 is 9.16. The van der Waals surface area contributed by atoms with Gasteiger partial charge in [0.05, 0.1) is 17.7 Å². The second-order valence-corrected chi connectivity index (χ2v) is 4.58. The average molecular weight is 252 g/mol. The molecule has 4 heteroatoms. The zero-order chi connectivity index (χ0) is 12.8. The summed E-state index contributed by atoms with van der Waals surface area (Å²) in [7, 11) is 0. The summed E-state index contributed by atoms with van der Waals surface area (Å²) in [6.45, 7) is 1.15. The van der Waals surface area contributed by atoms with E-state index in [4.69, 9.17) is 4.74 Å². The van der Waals surface area contributed by atoms with Crippen molar-refractivity contribution in [2.45, 2.75) is 6.54 Å². The van der Waals surface area contributed by atoms with Crippen molar-refractivity contribution in [1.82, 2.24) is 9.13 Å². The summed E-state index contributed by atoms with van der Waals surface area (Å²) in [6.07, 6.45) is 0. The van der Waals surface area contributed by atoms with Crippen molar-refractivity contribution < 1.29 is 4.74 Å². The smallest absolute Gasteiger partial charge is 0.333 e. The summed E-state index contributed by atoms with van der Waals surface area (Å²) in [6, 6.07) is 15.5. The fourth-order valence-electron chi connectivity index (χ4n) is 2.68. The van der Waals surface area contributed by atoms with E-state index in [1.807, 2.05) is 48.5 Å². The highest BCUT2D eigenvalue weighted by Crippen LogP contribution is 2.28. The molecule has 0 saturated carbocycles. The fourth-order valence-corrected chi connectivity index (χ4v) is 2.68. The molecule has 4 rings (SSSR count). The van der Waals surface area contributed by atoms with Crippen molar-refractivity contribution in [3.8, 4) is 11.4 Å². The fraction of sp³-hybridized carbons (Fsp3) is 0.133. The van der Waals surface area contributed by atoms with Crippen LogP contribution < -0.4 is 10.4 Å². The summed E-state index contributed by atoms with van der Waals surface area (Å²) in [5, 5.41) is 0. The highest BCUT2D eigenvalue weighted by Gasteiger charge is 2.20. The molecule has 1 aliphatic rings. The number of ether oxygens (including phenoxy) is 1. The van der Waals surface area contributed by atoms with Crippen LogP contribution in [-0.2, 0) is 6.54 Å². The van der Waals surface area contributed by atoms with Crippen molar-refractivity contribution in [2.24, 2.45) is 0 Å². The van der Waals surface area contributed by atoms with Crippen LogP contribution in [0.15, 0.2) is 53.3 Å². The van der Waals surface area contributed by atoms with Crippen molar-refractivity contribution in [3.05, 3.63) is 59.0 Å². The standard InChI is InChI=1S/C15H12N2O2/c18-15-16-9-10-19-13-8-4-7-12(14(13)16)17(15)11-5-2-1-3-6-11/h1-8H,9-10H2. The Morgan fingerprint density at radius 2 is 1.84 bits per heavy atom. The number of imidazole rings is 1. The zero-order valence-corrected chi connectivity index (χ0v) is 10.2. The first-order valence-electron chi connectivity index (χ1n) is 6.29. The molecule has 0 bridgehead atoms. The summed E-state index contributed by atoms with van der Waals surface area (Å²) >= 11 is 0. The molecule has 0 saturated heterocycles. The number of aromatic nitrogens is 2. The number of para-hydroxylation sites is 2. The maximum absolute atomic E-state index is 12.6. The van der Waals surface area contributed by atoms with Crippen LogP contribution in [0.4, 0.5) is 0 Å². The lowest BCUT2D eigenvalue weighted by Gasteiger charge is -2.14. The normalized spacial score (nSPS) is 13.5. The lowest BCUT2D eigenvalue weighted by atomic mass is 10.2. The SMILES string of the molecule is O=c1n2c3c(cccc3n1-c1ccccc1)OCC2. The van der Waals surface area contributed by atoms with Crippen molar-refractivity contribution >= 4 is 11.0 Å². The minimum atomic E-state index is -0.00282. The molecule has 0 fully saturated rings. The predicted molar refractivity (Wildman–Crippen MR) is 73.0 cm³/mol. The van der Waals surface area contributed by atoms with Gasteiger partial charge in [0.15, 0.2) is 0 Å². The molecule has 0 atom stereocenters. The van der Waals surface area contributed by atoms with Gasteiger partial charge in [-0.05, 0) is 24.3 Å². The maximum atomic E-state index is 12.6. The van der Waals surface area contributed by atoms with Crippen molar-refractivity contribution in [3.63, 3.8) is 0 Å². The van der Waals surface area contributed by atoms with Gasteiger partial charge in [0.25, 0.3) is 0 Å². The molecule has 1 aliphatic heterocycles. The molecule has 4 nitrogen and oxygen atoms in total. The highest BCUT2D eigenvalue weighted by molar-refractivity contribution is 5.84. The zero-order valence-electron chi connectivity index (χ0n) is 10.2. The Hall–Kier alpha value is -2.49. The van der Waals surface area contributed by atoms with E-state index in [9.17, 15) is 4.79 Å². The number of nitrogens with zero attached hydrogens (tertiary/aromatic N) is 2. The van der Waals surface area contributed by atoms with Gasteiger partial charge in [-0.2, -0.15) is 0 Å². The lowest BCUT2D eigenvalue weighted by molar-refractivity contribution is 0.284. The highest BCUT2D eigenvalue weighted by atomic mass is 16.5. The van der Waals surface area contributed by atoms with E-state index < -0.39 is 0 Å². The van der Waals surface area contributed by atoms with Gasteiger partial charge in [-0.15, -0.1) is 0 Å². The van der Waals surface area contributed by atoms with Gasteiger partial charge < -0.3 is 4.74 Å². The van der Waals surface area contributed by atoms with Gasteiger partial charge in [-0.1, -0.05) is 24.3 Å². The van der Waals surface area contributed by atoms with Crippen LogP contribution in [-0.4, -0.2) is 15.7 Å². The van der Waals surface area contributed by atoms with Gasteiger partial charge in [-0.3, -0.25) is 9.13 Å². The molecule has 0 N–H and O–H groups in total. The predicted octanol–water partition coefficient (Wildman–Crippen LogP) is 2.18. The Balaban J connectivity index is 2.16. The molecule has 94 valence electrons. The monoisotopic (exact) mass is 252 g/mol. The average Bonchev–Trinajstić information content (AvgIpc) is 2.76. The van der Waals surface area contributed by atoms with Crippen LogP contribution in [0.25, 0.3) is 16.7 Å². The van der Waals surface area contributed by atoms with E-state index in [-0.39, 0.29) is 5.69 Å². The Morgan fingerprint density at radius 3 is 2.68 bits per heavy atom. The van der Waals surface area contributed by atoms with E-state index in [0.717, 1.165) is 22.5 Å². The van der Waals surface area contributed by atoms with Crippen LogP contribution in [0.2, 0.25) is 0 Å². The van der Waals surface area contributed by atoms with E-state index in [2.05, 4.69) is 0 Å². The third-order valence-corrected chi connectivity index (χ3v) is 3.50. The molecule has 0 unspecified atom stereocenters. The van der Waals surface area contributed by atoms with E-state index in [0.29, 0.717) is 13.2 Å². The minimum absolute atomic E-state index is 0.00282. The minimum Gasteiger partial charge on any atom is -0.489 e. The van der Waals surface area contributed by atoms with Gasteiger partial charge in [0, 0.05) is 0 Å². The van der Waals surface area contributed by atoms with Crippen molar-refractivity contribution in [2.75, 3.05) is 6.61 Å². The molecular formula is C15H12N2O2. The Kier molecular flexibility index (Phi) is 2.06. The third kappa shape index (κ3) is 1.37. The van der Waals surface area contributed by atoms with Crippen LogP contribution in [0.1, 0.15) is 0 Å². The number of hydrogen-bond donors (Lipinski definition) is 0. The third-order valence-electron chi connectivity index (χ3n) is 3.50. The Labute approximate surface area is 109 Å². The molecule has 2 heterocycles. The van der Waals surface area contributed by atoms with Gasteiger partial charge in [0.1, 0.15) is 17.9 Å². The van der Waals surface area contributed by atoms with E-state index in [1.54, 1.807) is 9.13 Å². The number of benzene rings is 2. The summed E-state index contributed by atoms with van der Waals surface area (Å²) in [5.41, 5.74) is 2.67. The maximum Gasteiger partial charge on any atom is 0.333 e. The Bertz CT molecular complexity index is 815. The van der Waals surface area contributed by atoms with E-state index >= 15 is 0 Å². The lowest BCUT2D eigenvalue weighted by Crippen LogP contribution is -2.27. The first-order chi connectivity index (χ1) is 9.36. The Morgan fingerprint density at radius 1 is 1.00 bits per heavy atom. The first kappa shape index (κ1) is 10.4. The molecule has 0 radical (unpaired) electrons. The molecule has 0 spiro atoms. The summed E-state index contributed by atoms with van der Waals surface area (Å²) in [5.74, 6) is 0.788. The second-order valence-electron chi connectivity index (χ2n) is 4.58. The summed E-state index contributed by atoms with van der Waals surface area (Å²) in [4.78, 5) is 12.6. The second kappa shape index (κ2) is 3.75. The van der Waals surface area contributed by atoms with Crippen LogP contribution in [0, 0.1) is 0 Å². The number of hydrogen-bond acceptors (Lipinski definition) is 2. The van der Waals surface area contributed by atoms with Crippen LogP contribution in [0.5, 0.6) is 5.75 Å². The molecule has 19 heavy (non-hydrogen) atoms. The van der Waals surface area contributed by atoms with Crippen LogP contribution >= 0.6 is 0 Å². The van der Waals surface area contributed by atoms with Gasteiger partial charge in [-0.25, -0.2) is 4.79 Å². The molecule has 3 aromatic rings. The molecule has 0 aliphatic carbocycles. The molecule has 2 aromatic carbocycles. The van der Waals surface area contributed by atoms with Crippen LogP contribution in [0.3, 0.4) is 0 Å². The van der Waals surface area contributed by atoms with Gasteiger partial charge in [0.2, 0.25) is 0 Å². The molecular weight excluding hydrogens is 240 g/mol. The quantitative estimate of drug-likeness (QED) is 0.665. The van der Waals surface area contributed by atoms with E-state index in [1.165, 1.54) is 0 Å².